The van der Waals surface area contributed by atoms with E-state index in [1.54, 1.807) is 0 Å². The van der Waals surface area contributed by atoms with Crippen molar-refractivity contribution in [1.29, 1.82) is 0 Å². The molecule has 0 radical (unpaired) electrons. The Morgan fingerprint density at radius 2 is 2.12 bits per heavy atom. The molecule has 3 amide bonds. The SMILES string of the molecule is Cc1cccc(CCNC(=O)N[C@H]2CCN(CC(F)(F)F)C2=O)c1. The lowest BCUT2D eigenvalue weighted by atomic mass is 10.1. The molecule has 5 nitrogen and oxygen atoms in total. The minimum Gasteiger partial charge on any atom is -0.338 e. The van der Waals surface area contributed by atoms with E-state index in [9.17, 15) is 22.8 Å². The quantitative estimate of drug-likeness (QED) is 0.859. The van der Waals surface area contributed by atoms with E-state index in [4.69, 9.17) is 0 Å². The Balaban J connectivity index is 1.74. The number of alkyl halides is 3. The summed E-state index contributed by atoms with van der Waals surface area (Å²) in [6, 6.07) is 6.41. The fourth-order valence-electron chi connectivity index (χ4n) is 2.64. The third-order valence-electron chi connectivity index (χ3n) is 3.75. The van der Waals surface area contributed by atoms with Crippen molar-refractivity contribution in [3.8, 4) is 0 Å². The molecule has 1 atom stereocenters. The fraction of sp³-hybridized carbons (Fsp3) is 0.500. The van der Waals surface area contributed by atoms with Crippen LogP contribution >= 0.6 is 0 Å². The van der Waals surface area contributed by atoms with Crippen LogP contribution in [-0.2, 0) is 11.2 Å². The first-order valence-corrected chi connectivity index (χ1v) is 7.70. The van der Waals surface area contributed by atoms with Crippen LogP contribution in [-0.4, -0.2) is 48.7 Å². The predicted octanol–water partition coefficient (Wildman–Crippen LogP) is 2.00. The third kappa shape index (κ3) is 5.43. The zero-order valence-corrected chi connectivity index (χ0v) is 13.3. The molecule has 132 valence electrons. The number of carbonyl (C=O) groups is 2. The van der Waals surface area contributed by atoms with Crippen LogP contribution in [0, 0.1) is 6.92 Å². The molecule has 0 unspecified atom stereocenters. The molecule has 1 aliphatic rings. The van der Waals surface area contributed by atoms with Crippen molar-refractivity contribution in [2.75, 3.05) is 19.6 Å². The first-order valence-electron chi connectivity index (χ1n) is 7.70. The molecule has 2 N–H and O–H groups in total. The summed E-state index contributed by atoms with van der Waals surface area (Å²) in [7, 11) is 0. The van der Waals surface area contributed by atoms with Crippen LogP contribution in [0.15, 0.2) is 24.3 Å². The number of nitrogens with zero attached hydrogens (tertiary/aromatic N) is 1. The largest absolute Gasteiger partial charge is 0.406 e. The van der Waals surface area contributed by atoms with Gasteiger partial charge in [0.25, 0.3) is 0 Å². The second kappa shape index (κ2) is 7.55. The highest BCUT2D eigenvalue weighted by Crippen LogP contribution is 2.20. The second-order valence-corrected chi connectivity index (χ2v) is 5.86. The Labute approximate surface area is 138 Å². The van der Waals surface area contributed by atoms with E-state index in [1.165, 1.54) is 0 Å². The first kappa shape index (κ1) is 18.1. The highest BCUT2D eigenvalue weighted by atomic mass is 19.4. The molecule has 1 fully saturated rings. The number of benzene rings is 1. The summed E-state index contributed by atoms with van der Waals surface area (Å²) in [5.41, 5.74) is 2.20. The van der Waals surface area contributed by atoms with Gasteiger partial charge in [-0.3, -0.25) is 4.79 Å². The summed E-state index contributed by atoms with van der Waals surface area (Å²) < 4.78 is 37.0. The molecule has 0 spiro atoms. The van der Waals surface area contributed by atoms with Crippen LogP contribution in [0.3, 0.4) is 0 Å². The van der Waals surface area contributed by atoms with Gasteiger partial charge in [-0.2, -0.15) is 13.2 Å². The Morgan fingerprint density at radius 3 is 2.79 bits per heavy atom. The van der Waals surface area contributed by atoms with Crippen molar-refractivity contribution in [2.24, 2.45) is 0 Å². The average molecular weight is 343 g/mol. The number of halogens is 3. The predicted molar refractivity (Wildman–Crippen MR) is 82.5 cm³/mol. The molecule has 24 heavy (non-hydrogen) atoms. The molecule has 1 aliphatic heterocycles. The molecular weight excluding hydrogens is 323 g/mol. The smallest absolute Gasteiger partial charge is 0.338 e. The Hall–Kier alpha value is -2.25. The Kier molecular flexibility index (Phi) is 5.69. The molecule has 8 heteroatoms. The number of carbonyl (C=O) groups excluding carboxylic acids is 2. The van der Waals surface area contributed by atoms with E-state index in [0.29, 0.717) is 13.0 Å². The fourth-order valence-corrected chi connectivity index (χ4v) is 2.64. The lowest BCUT2D eigenvalue weighted by molar-refractivity contribution is -0.157. The highest BCUT2D eigenvalue weighted by Gasteiger charge is 2.39. The monoisotopic (exact) mass is 343 g/mol. The number of aryl methyl sites for hydroxylation is 1. The van der Waals surface area contributed by atoms with Crippen molar-refractivity contribution in [3.63, 3.8) is 0 Å². The van der Waals surface area contributed by atoms with Gasteiger partial charge in [0.05, 0.1) is 0 Å². The van der Waals surface area contributed by atoms with Crippen LogP contribution in [0.4, 0.5) is 18.0 Å². The van der Waals surface area contributed by atoms with Crippen molar-refractivity contribution in [3.05, 3.63) is 35.4 Å². The molecule has 2 rings (SSSR count). The van der Waals surface area contributed by atoms with E-state index in [1.807, 2.05) is 31.2 Å². The van der Waals surface area contributed by atoms with E-state index in [2.05, 4.69) is 10.6 Å². The average Bonchev–Trinajstić information content (AvgIpc) is 2.78. The maximum atomic E-state index is 12.3. The number of amides is 3. The topological polar surface area (TPSA) is 61.4 Å². The number of hydrogen-bond acceptors (Lipinski definition) is 2. The molecule has 1 saturated heterocycles. The molecule has 1 heterocycles. The standard InChI is InChI=1S/C16H20F3N3O2/c1-11-3-2-4-12(9-11)5-7-20-15(24)21-13-6-8-22(14(13)23)10-16(17,18)19/h2-4,9,13H,5-8,10H2,1H3,(H2,20,21,24)/t13-/m0/s1. The number of urea groups is 1. The highest BCUT2D eigenvalue weighted by molar-refractivity contribution is 5.88. The summed E-state index contributed by atoms with van der Waals surface area (Å²) in [6.07, 6.45) is -3.62. The maximum absolute atomic E-state index is 12.3. The van der Waals surface area contributed by atoms with Crippen molar-refractivity contribution < 1.29 is 22.8 Å². The van der Waals surface area contributed by atoms with Crippen LogP contribution in [0.2, 0.25) is 0 Å². The van der Waals surface area contributed by atoms with Gasteiger partial charge in [0, 0.05) is 13.1 Å². The van der Waals surface area contributed by atoms with Gasteiger partial charge in [-0.15, -0.1) is 0 Å². The molecule has 0 aromatic heterocycles. The van der Waals surface area contributed by atoms with Crippen LogP contribution < -0.4 is 10.6 Å². The lowest BCUT2D eigenvalue weighted by Crippen LogP contribution is -2.47. The Bertz CT molecular complexity index is 604. The number of likely N-dealkylation sites (tertiary alicyclic amines) is 1. The van der Waals surface area contributed by atoms with Crippen molar-refractivity contribution in [2.45, 2.75) is 32.0 Å². The molecule has 0 bridgehead atoms. The zero-order valence-electron chi connectivity index (χ0n) is 13.3. The van der Waals surface area contributed by atoms with E-state index in [-0.39, 0.29) is 13.0 Å². The zero-order chi connectivity index (χ0) is 17.7. The maximum Gasteiger partial charge on any atom is 0.406 e. The molecule has 1 aromatic carbocycles. The second-order valence-electron chi connectivity index (χ2n) is 5.86. The van der Waals surface area contributed by atoms with Gasteiger partial charge in [0.15, 0.2) is 0 Å². The van der Waals surface area contributed by atoms with Crippen LogP contribution in [0.1, 0.15) is 17.5 Å². The van der Waals surface area contributed by atoms with Crippen LogP contribution in [0.5, 0.6) is 0 Å². The molecular formula is C16H20F3N3O2. The summed E-state index contributed by atoms with van der Waals surface area (Å²) in [4.78, 5) is 24.3. The van der Waals surface area contributed by atoms with E-state index >= 15 is 0 Å². The third-order valence-corrected chi connectivity index (χ3v) is 3.75. The summed E-state index contributed by atoms with van der Waals surface area (Å²) in [5, 5.41) is 5.05. The minimum absolute atomic E-state index is 0.00736. The van der Waals surface area contributed by atoms with Crippen LogP contribution in [0.25, 0.3) is 0 Å². The lowest BCUT2D eigenvalue weighted by Gasteiger charge is -2.18. The van der Waals surface area contributed by atoms with E-state index < -0.39 is 30.7 Å². The van der Waals surface area contributed by atoms with Gasteiger partial charge in [-0.25, -0.2) is 4.79 Å². The van der Waals surface area contributed by atoms with Gasteiger partial charge in [-0.05, 0) is 25.3 Å². The van der Waals surface area contributed by atoms with Crippen molar-refractivity contribution in [1.82, 2.24) is 15.5 Å². The van der Waals surface area contributed by atoms with Crippen molar-refractivity contribution >= 4 is 11.9 Å². The minimum atomic E-state index is -4.43. The normalized spacial score (nSPS) is 17.9. The number of rotatable bonds is 5. The number of nitrogens with one attached hydrogen (secondary N) is 2. The number of hydrogen-bond donors (Lipinski definition) is 2. The van der Waals surface area contributed by atoms with Gasteiger partial charge in [-0.1, -0.05) is 29.8 Å². The van der Waals surface area contributed by atoms with Gasteiger partial charge < -0.3 is 15.5 Å². The van der Waals surface area contributed by atoms with Gasteiger partial charge in [0.1, 0.15) is 12.6 Å². The molecule has 0 aliphatic carbocycles. The molecule has 1 aromatic rings. The summed E-state index contributed by atoms with van der Waals surface area (Å²) in [6.45, 7) is 1.07. The van der Waals surface area contributed by atoms with E-state index in [0.717, 1.165) is 16.0 Å². The summed E-state index contributed by atoms with van der Waals surface area (Å²) in [5.74, 6) is -0.693. The van der Waals surface area contributed by atoms with Gasteiger partial charge in [0.2, 0.25) is 5.91 Å². The Morgan fingerprint density at radius 1 is 1.38 bits per heavy atom. The summed E-state index contributed by atoms with van der Waals surface area (Å²) >= 11 is 0. The molecule has 0 saturated carbocycles. The van der Waals surface area contributed by atoms with Gasteiger partial charge >= 0.3 is 12.2 Å². The first-order chi connectivity index (χ1) is 11.2.